The molecule has 23 heavy (non-hydrogen) atoms. The quantitative estimate of drug-likeness (QED) is 0.732. The number of nitrogens with zero attached hydrogens (tertiary/aromatic N) is 3. The zero-order valence-corrected chi connectivity index (χ0v) is 14.0. The summed E-state index contributed by atoms with van der Waals surface area (Å²) in [4.78, 5) is 23.5. The molecule has 0 bridgehead atoms. The summed E-state index contributed by atoms with van der Waals surface area (Å²) in [5.41, 5.74) is 0.827. The van der Waals surface area contributed by atoms with Crippen LogP contribution in [0, 0.1) is 5.82 Å². The van der Waals surface area contributed by atoms with Gasteiger partial charge in [-0.2, -0.15) is 4.98 Å². The van der Waals surface area contributed by atoms with Crippen LogP contribution in [0.4, 0.5) is 10.2 Å². The number of carbonyl (C=O) groups is 1. The molecular weight excluding hydrogens is 319 g/mol. The monoisotopic (exact) mass is 338 g/mol. The summed E-state index contributed by atoms with van der Waals surface area (Å²) in [6.45, 7) is 3.70. The van der Waals surface area contributed by atoms with Gasteiger partial charge >= 0.3 is 0 Å². The Kier molecular flexibility index (Phi) is 6.21. The Morgan fingerprint density at radius 3 is 2.87 bits per heavy atom. The summed E-state index contributed by atoms with van der Waals surface area (Å²) in [6, 6.07) is 1.36. The number of nitrogens with one attached hydrogen (secondary N) is 1. The van der Waals surface area contributed by atoms with Crippen molar-refractivity contribution >= 4 is 34.2 Å². The van der Waals surface area contributed by atoms with Crippen molar-refractivity contribution in [2.75, 3.05) is 5.32 Å². The van der Waals surface area contributed by atoms with E-state index in [0.717, 1.165) is 25.5 Å². The van der Waals surface area contributed by atoms with E-state index >= 15 is 0 Å². The lowest BCUT2D eigenvalue weighted by Gasteiger charge is -2.19. The molecule has 7 heteroatoms. The smallest absolute Gasteiger partial charge is 0.225 e. The van der Waals surface area contributed by atoms with Crippen molar-refractivity contribution in [2.24, 2.45) is 0 Å². The van der Waals surface area contributed by atoms with Crippen molar-refractivity contribution in [1.82, 2.24) is 15.0 Å². The first-order valence-electron chi connectivity index (χ1n) is 7.74. The Balaban J connectivity index is 2.27. The molecule has 0 fully saturated rings. The maximum Gasteiger partial charge on any atom is 0.225 e. The van der Waals surface area contributed by atoms with Gasteiger partial charge in [0, 0.05) is 18.5 Å². The minimum atomic E-state index is -0.475. The normalized spacial score (nSPS) is 12.3. The van der Waals surface area contributed by atoms with Crippen molar-refractivity contribution in [3.05, 3.63) is 23.4 Å². The van der Waals surface area contributed by atoms with Crippen LogP contribution < -0.4 is 5.32 Å². The van der Waals surface area contributed by atoms with Gasteiger partial charge in [0.2, 0.25) is 5.28 Å². The van der Waals surface area contributed by atoms with Crippen molar-refractivity contribution in [3.8, 4) is 0 Å². The summed E-state index contributed by atoms with van der Waals surface area (Å²) in [5, 5.41) is 3.34. The van der Waals surface area contributed by atoms with Crippen molar-refractivity contribution < 1.29 is 9.18 Å². The van der Waals surface area contributed by atoms with Gasteiger partial charge in [-0.25, -0.2) is 14.4 Å². The summed E-state index contributed by atoms with van der Waals surface area (Å²) < 4.78 is 13.3. The number of carbonyl (C=O) groups excluding carboxylic acids is 1. The minimum Gasteiger partial charge on any atom is -0.365 e. The second-order valence-electron chi connectivity index (χ2n) is 5.59. The van der Waals surface area contributed by atoms with E-state index in [1.54, 1.807) is 6.92 Å². The van der Waals surface area contributed by atoms with E-state index in [1.165, 1.54) is 6.07 Å². The van der Waals surface area contributed by atoms with E-state index in [1.807, 2.05) is 0 Å². The molecule has 0 unspecified atom stereocenters. The largest absolute Gasteiger partial charge is 0.365 e. The average molecular weight is 339 g/mol. The predicted octanol–water partition coefficient (Wildman–Crippen LogP) is 4.16. The zero-order chi connectivity index (χ0) is 16.8. The van der Waals surface area contributed by atoms with E-state index in [2.05, 4.69) is 27.2 Å². The molecule has 0 aliphatic rings. The van der Waals surface area contributed by atoms with Crippen LogP contribution in [0.2, 0.25) is 5.28 Å². The van der Waals surface area contributed by atoms with Gasteiger partial charge in [-0.15, -0.1) is 0 Å². The number of halogens is 2. The lowest BCUT2D eigenvalue weighted by Crippen LogP contribution is -2.21. The second kappa shape index (κ2) is 8.15. The molecule has 0 aliphatic carbocycles. The average Bonchev–Trinajstić information content (AvgIpc) is 2.49. The molecule has 0 saturated carbocycles. The number of hydrogen-bond donors (Lipinski definition) is 1. The highest BCUT2D eigenvalue weighted by Crippen LogP contribution is 2.23. The van der Waals surface area contributed by atoms with E-state index in [0.29, 0.717) is 29.7 Å². The highest BCUT2D eigenvalue weighted by molar-refractivity contribution is 6.28. The second-order valence-corrected chi connectivity index (χ2v) is 5.92. The number of fused-ring (bicyclic) bond motifs is 1. The number of hydrogen-bond acceptors (Lipinski definition) is 5. The third kappa shape index (κ3) is 5.10. The molecule has 124 valence electrons. The molecule has 2 aromatic rings. The molecule has 0 aliphatic heterocycles. The molecular formula is C16H20ClFN4O. The van der Waals surface area contributed by atoms with Gasteiger partial charge in [-0.3, -0.25) is 0 Å². The van der Waals surface area contributed by atoms with Crippen LogP contribution in [0.15, 0.2) is 12.3 Å². The Bertz CT molecular complexity index is 690. The van der Waals surface area contributed by atoms with Crippen LogP contribution in [-0.2, 0) is 4.79 Å². The van der Waals surface area contributed by atoms with E-state index in [4.69, 9.17) is 11.6 Å². The van der Waals surface area contributed by atoms with Gasteiger partial charge in [-0.05, 0) is 31.4 Å². The van der Waals surface area contributed by atoms with Crippen LogP contribution >= 0.6 is 11.6 Å². The lowest BCUT2D eigenvalue weighted by molar-refractivity contribution is -0.117. The number of rotatable bonds is 8. The fraction of sp³-hybridized carbons (Fsp3) is 0.500. The van der Waals surface area contributed by atoms with Gasteiger partial charge in [0.05, 0.1) is 11.7 Å². The molecule has 0 radical (unpaired) electrons. The van der Waals surface area contributed by atoms with Gasteiger partial charge in [0.1, 0.15) is 17.1 Å². The number of aromatic nitrogens is 3. The van der Waals surface area contributed by atoms with Crippen LogP contribution in [0.3, 0.4) is 0 Å². The molecule has 1 atom stereocenters. The fourth-order valence-electron chi connectivity index (χ4n) is 2.38. The van der Waals surface area contributed by atoms with E-state index in [9.17, 15) is 9.18 Å². The van der Waals surface area contributed by atoms with Crippen molar-refractivity contribution in [2.45, 2.75) is 52.0 Å². The molecule has 5 nitrogen and oxygen atoms in total. The Morgan fingerprint density at radius 2 is 2.17 bits per heavy atom. The molecule has 0 amide bonds. The highest BCUT2D eigenvalue weighted by Gasteiger charge is 2.15. The first kappa shape index (κ1) is 17.5. The molecule has 2 heterocycles. The summed E-state index contributed by atoms with van der Waals surface area (Å²) in [7, 11) is 0. The van der Waals surface area contributed by atoms with Crippen LogP contribution in [0.5, 0.6) is 0 Å². The number of anilines is 1. The lowest BCUT2D eigenvalue weighted by atomic mass is 10.0. The molecule has 2 aromatic heterocycles. The number of Topliss-reactive ketones (excluding diaryl/α,β-unsaturated/α-hetero) is 1. The summed E-state index contributed by atoms with van der Waals surface area (Å²) in [5.74, 6) is 0.154. The maximum atomic E-state index is 13.3. The standard InChI is InChI=1S/C16H20ClFN4O/c1-3-4-5-12(7-6-10(2)23)20-15-14-13(21-16(17)22-15)8-11(18)9-19-14/h8-9,12H,3-7H2,1-2H3,(H,20,21,22)/t12-/m1/s1. The first-order chi connectivity index (χ1) is 11.0. The van der Waals surface area contributed by atoms with E-state index < -0.39 is 5.82 Å². The van der Waals surface area contributed by atoms with Crippen LogP contribution in [0.25, 0.3) is 11.0 Å². The number of unbranched alkanes of at least 4 members (excludes halogenated alkanes) is 1. The predicted molar refractivity (Wildman–Crippen MR) is 89.2 cm³/mol. The van der Waals surface area contributed by atoms with Crippen LogP contribution in [0.1, 0.15) is 46.0 Å². The Hall–Kier alpha value is -1.82. The van der Waals surface area contributed by atoms with Crippen molar-refractivity contribution in [1.29, 1.82) is 0 Å². The first-order valence-corrected chi connectivity index (χ1v) is 8.12. The topological polar surface area (TPSA) is 67.8 Å². The Labute approximate surface area is 139 Å². The fourth-order valence-corrected chi connectivity index (χ4v) is 2.55. The maximum absolute atomic E-state index is 13.3. The summed E-state index contributed by atoms with van der Waals surface area (Å²) in [6.07, 6.45) is 5.34. The van der Waals surface area contributed by atoms with Crippen molar-refractivity contribution in [3.63, 3.8) is 0 Å². The highest BCUT2D eigenvalue weighted by atomic mass is 35.5. The minimum absolute atomic E-state index is 0.0354. The molecule has 0 spiro atoms. The molecule has 0 saturated heterocycles. The van der Waals surface area contributed by atoms with Gasteiger partial charge in [0.25, 0.3) is 0 Å². The molecule has 0 aromatic carbocycles. The third-order valence-electron chi connectivity index (χ3n) is 3.57. The Morgan fingerprint density at radius 1 is 1.39 bits per heavy atom. The third-order valence-corrected chi connectivity index (χ3v) is 3.74. The summed E-state index contributed by atoms with van der Waals surface area (Å²) >= 11 is 5.92. The SMILES string of the molecule is CCCC[C@H](CCC(C)=O)Nc1nc(Cl)nc2cc(F)cnc12. The number of pyridine rings is 1. The zero-order valence-electron chi connectivity index (χ0n) is 13.3. The van der Waals surface area contributed by atoms with Crippen LogP contribution in [-0.4, -0.2) is 26.8 Å². The number of ketones is 1. The van der Waals surface area contributed by atoms with Gasteiger partial charge in [0.15, 0.2) is 5.82 Å². The molecule has 1 N–H and O–H groups in total. The van der Waals surface area contributed by atoms with E-state index in [-0.39, 0.29) is 17.1 Å². The van der Waals surface area contributed by atoms with Gasteiger partial charge in [-0.1, -0.05) is 19.8 Å². The van der Waals surface area contributed by atoms with Gasteiger partial charge < -0.3 is 10.1 Å². The molecule has 2 rings (SSSR count).